The Morgan fingerprint density at radius 1 is 1.25 bits per heavy atom. The molecule has 0 aliphatic heterocycles. The molecule has 2 nitrogen and oxygen atoms in total. The van der Waals surface area contributed by atoms with Gasteiger partial charge in [-0.15, -0.1) is 0 Å². The monoisotopic (exact) mass is 337 g/mol. The molecule has 4 heteroatoms. The van der Waals surface area contributed by atoms with Crippen LogP contribution in [0.15, 0.2) is 40.9 Å². The van der Waals surface area contributed by atoms with Crippen molar-refractivity contribution in [2.75, 3.05) is 6.61 Å². The molecular formula is C16H17BrFNO. The maximum atomic E-state index is 14.1. The number of hydrogen-bond donors (Lipinski definition) is 1. The van der Waals surface area contributed by atoms with E-state index in [9.17, 15) is 4.39 Å². The Labute approximate surface area is 126 Å². The zero-order chi connectivity index (χ0) is 14.7. The maximum absolute atomic E-state index is 14.1. The minimum absolute atomic E-state index is 0.249. The highest BCUT2D eigenvalue weighted by atomic mass is 79.9. The highest BCUT2D eigenvalue weighted by Crippen LogP contribution is 2.31. The molecule has 1 atom stereocenters. The summed E-state index contributed by atoms with van der Waals surface area (Å²) < 4.78 is 20.4. The van der Waals surface area contributed by atoms with E-state index in [2.05, 4.69) is 15.9 Å². The van der Waals surface area contributed by atoms with Crippen molar-refractivity contribution in [2.24, 2.45) is 5.73 Å². The van der Waals surface area contributed by atoms with Crippen LogP contribution in [0.2, 0.25) is 0 Å². The Morgan fingerprint density at radius 2 is 2.00 bits per heavy atom. The summed E-state index contributed by atoms with van der Waals surface area (Å²) in [6.07, 6.45) is 0. The zero-order valence-corrected chi connectivity index (χ0v) is 13.1. The molecule has 1 unspecified atom stereocenters. The molecule has 20 heavy (non-hydrogen) atoms. The van der Waals surface area contributed by atoms with Gasteiger partial charge in [-0.2, -0.15) is 0 Å². The summed E-state index contributed by atoms with van der Waals surface area (Å²) >= 11 is 3.48. The van der Waals surface area contributed by atoms with Gasteiger partial charge in [0, 0.05) is 10.0 Å². The van der Waals surface area contributed by atoms with Gasteiger partial charge in [-0.05, 0) is 37.1 Å². The molecular weight excluding hydrogens is 321 g/mol. The molecule has 2 aromatic rings. The number of nitrogens with two attached hydrogens (primary N) is 1. The van der Waals surface area contributed by atoms with Crippen LogP contribution in [-0.2, 0) is 0 Å². The second-order valence-corrected chi connectivity index (χ2v) is 5.43. The highest BCUT2D eigenvalue weighted by molar-refractivity contribution is 9.10. The third-order valence-electron chi connectivity index (χ3n) is 3.17. The van der Waals surface area contributed by atoms with E-state index in [4.69, 9.17) is 10.5 Å². The van der Waals surface area contributed by atoms with Crippen molar-refractivity contribution in [1.82, 2.24) is 0 Å². The minimum Gasteiger partial charge on any atom is -0.494 e. The highest BCUT2D eigenvalue weighted by Gasteiger charge is 2.17. The Morgan fingerprint density at radius 3 is 2.65 bits per heavy atom. The smallest absolute Gasteiger partial charge is 0.131 e. The van der Waals surface area contributed by atoms with Crippen molar-refractivity contribution in [3.63, 3.8) is 0 Å². The first kappa shape index (κ1) is 15.0. The molecule has 0 heterocycles. The quantitative estimate of drug-likeness (QED) is 0.900. The Hall–Kier alpha value is -1.39. The topological polar surface area (TPSA) is 35.2 Å². The van der Waals surface area contributed by atoms with Crippen LogP contribution in [0.5, 0.6) is 5.75 Å². The van der Waals surface area contributed by atoms with Gasteiger partial charge in [0.2, 0.25) is 0 Å². The lowest BCUT2D eigenvalue weighted by molar-refractivity contribution is 0.340. The van der Waals surface area contributed by atoms with E-state index in [0.717, 1.165) is 15.8 Å². The second-order valence-electron chi connectivity index (χ2n) is 4.57. The Balaban J connectivity index is 2.38. The molecule has 0 saturated carbocycles. The largest absolute Gasteiger partial charge is 0.494 e. The van der Waals surface area contributed by atoms with Crippen LogP contribution in [0.3, 0.4) is 0 Å². The average molecular weight is 338 g/mol. The van der Waals surface area contributed by atoms with Crippen molar-refractivity contribution in [3.05, 3.63) is 63.4 Å². The molecule has 0 saturated heterocycles. The van der Waals surface area contributed by atoms with Crippen LogP contribution >= 0.6 is 15.9 Å². The average Bonchev–Trinajstić information content (AvgIpc) is 2.42. The van der Waals surface area contributed by atoms with E-state index in [0.29, 0.717) is 17.7 Å². The van der Waals surface area contributed by atoms with Crippen LogP contribution < -0.4 is 10.5 Å². The van der Waals surface area contributed by atoms with E-state index < -0.39 is 6.04 Å². The lowest BCUT2D eigenvalue weighted by atomic mass is 9.97. The van der Waals surface area contributed by atoms with Crippen LogP contribution in [0, 0.1) is 12.7 Å². The second kappa shape index (κ2) is 6.37. The summed E-state index contributed by atoms with van der Waals surface area (Å²) in [7, 11) is 0. The fraction of sp³-hybridized carbons (Fsp3) is 0.250. The molecule has 0 amide bonds. The Kier molecular flexibility index (Phi) is 4.78. The van der Waals surface area contributed by atoms with Crippen LogP contribution in [-0.4, -0.2) is 6.61 Å². The van der Waals surface area contributed by atoms with E-state index in [1.807, 2.05) is 31.2 Å². The molecule has 0 fully saturated rings. The molecule has 0 bridgehead atoms. The van der Waals surface area contributed by atoms with Crippen LogP contribution in [0.25, 0.3) is 0 Å². The van der Waals surface area contributed by atoms with Gasteiger partial charge in [-0.25, -0.2) is 4.39 Å². The Bertz CT molecular complexity index is 615. The van der Waals surface area contributed by atoms with Gasteiger partial charge in [0.15, 0.2) is 0 Å². The molecule has 0 aromatic heterocycles. The van der Waals surface area contributed by atoms with Crippen molar-refractivity contribution in [1.29, 1.82) is 0 Å². The van der Waals surface area contributed by atoms with Crippen LogP contribution in [0.1, 0.15) is 29.7 Å². The van der Waals surface area contributed by atoms with Gasteiger partial charge in [0.1, 0.15) is 11.6 Å². The predicted octanol–water partition coefficient (Wildman–Crippen LogP) is 4.34. The number of aryl methyl sites for hydroxylation is 1. The molecule has 0 aliphatic carbocycles. The fourth-order valence-corrected chi connectivity index (χ4v) is 2.70. The molecule has 2 N–H and O–H groups in total. The van der Waals surface area contributed by atoms with Gasteiger partial charge >= 0.3 is 0 Å². The molecule has 0 radical (unpaired) electrons. The first-order valence-electron chi connectivity index (χ1n) is 6.47. The third kappa shape index (κ3) is 3.02. The summed E-state index contributed by atoms with van der Waals surface area (Å²) in [6.45, 7) is 4.26. The van der Waals surface area contributed by atoms with Gasteiger partial charge in [0.05, 0.1) is 12.6 Å². The fourth-order valence-electron chi connectivity index (χ4n) is 2.09. The van der Waals surface area contributed by atoms with Crippen molar-refractivity contribution >= 4 is 15.9 Å². The minimum atomic E-state index is -0.514. The van der Waals surface area contributed by atoms with Gasteiger partial charge in [0.25, 0.3) is 0 Å². The third-order valence-corrected chi connectivity index (χ3v) is 3.86. The van der Waals surface area contributed by atoms with Crippen molar-refractivity contribution < 1.29 is 9.13 Å². The summed E-state index contributed by atoms with van der Waals surface area (Å²) in [5.41, 5.74) is 8.12. The summed E-state index contributed by atoms with van der Waals surface area (Å²) in [6, 6.07) is 10.3. The number of ether oxygens (including phenoxy) is 1. The molecule has 2 aromatic carbocycles. The van der Waals surface area contributed by atoms with Crippen LogP contribution in [0.4, 0.5) is 4.39 Å². The first-order valence-corrected chi connectivity index (χ1v) is 7.26. The summed E-state index contributed by atoms with van der Waals surface area (Å²) in [5.74, 6) is 0.515. The number of benzene rings is 2. The lowest BCUT2D eigenvalue weighted by Gasteiger charge is -2.17. The number of hydrogen-bond acceptors (Lipinski definition) is 2. The lowest BCUT2D eigenvalue weighted by Crippen LogP contribution is -2.15. The summed E-state index contributed by atoms with van der Waals surface area (Å²) in [5, 5.41) is 0. The molecule has 0 spiro atoms. The molecule has 2 rings (SSSR count). The van der Waals surface area contributed by atoms with Gasteiger partial charge < -0.3 is 10.5 Å². The summed E-state index contributed by atoms with van der Waals surface area (Å²) in [4.78, 5) is 0. The first-order chi connectivity index (χ1) is 9.54. The van der Waals surface area contributed by atoms with Gasteiger partial charge in [-0.1, -0.05) is 40.2 Å². The predicted molar refractivity (Wildman–Crippen MR) is 82.5 cm³/mol. The number of halogens is 2. The van der Waals surface area contributed by atoms with Crippen molar-refractivity contribution in [3.8, 4) is 5.75 Å². The van der Waals surface area contributed by atoms with E-state index in [-0.39, 0.29) is 5.82 Å². The normalized spacial score (nSPS) is 12.2. The van der Waals surface area contributed by atoms with Gasteiger partial charge in [-0.3, -0.25) is 0 Å². The number of rotatable bonds is 4. The standard InChI is InChI=1S/C16H17BrFNO/c1-3-20-11-7-8-12(14(17)9-11)16(19)13-6-4-5-10(2)15(13)18/h4-9,16H,3,19H2,1-2H3. The van der Waals surface area contributed by atoms with Crippen molar-refractivity contribution in [2.45, 2.75) is 19.9 Å². The van der Waals surface area contributed by atoms with E-state index >= 15 is 0 Å². The maximum Gasteiger partial charge on any atom is 0.131 e. The zero-order valence-electron chi connectivity index (χ0n) is 11.5. The van der Waals surface area contributed by atoms with E-state index in [1.165, 1.54) is 0 Å². The molecule has 0 aliphatic rings. The molecule has 106 valence electrons. The SMILES string of the molecule is CCOc1ccc(C(N)c2cccc(C)c2F)c(Br)c1. The van der Waals surface area contributed by atoms with E-state index in [1.54, 1.807) is 19.1 Å².